The summed E-state index contributed by atoms with van der Waals surface area (Å²) in [6, 6.07) is 5.93. The molecular formula is C19H27ClN4O. The van der Waals surface area contributed by atoms with Crippen LogP contribution >= 0.6 is 11.6 Å². The van der Waals surface area contributed by atoms with Gasteiger partial charge in [-0.05, 0) is 55.4 Å². The van der Waals surface area contributed by atoms with Crippen molar-refractivity contribution in [3.63, 3.8) is 0 Å². The molecular weight excluding hydrogens is 336 g/mol. The molecule has 0 spiro atoms. The van der Waals surface area contributed by atoms with Gasteiger partial charge in [0.05, 0.1) is 0 Å². The number of nitrogens with one attached hydrogen (secondary N) is 3. The summed E-state index contributed by atoms with van der Waals surface area (Å²) >= 11 is 6.10. The van der Waals surface area contributed by atoms with E-state index in [4.69, 9.17) is 16.3 Å². The third-order valence-corrected chi connectivity index (χ3v) is 4.68. The molecule has 0 aliphatic heterocycles. The highest BCUT2D eigenvalue weighted by atomic mass is 35.5. The van der Waals surface area contributed by atoms with E-state index in [9.17, 15) is 0 Å². The van der Waals surface area contributed by atoms with E-state index in [1.165, 1.54) is 23.8 Å². The van der Waals surface area contributed by atoms with Crippen molar-refractivity contribution in [2.45, 2.75) is 25.7 Å². The number of guanidine groups is 1. The number of aromatic nitrogens is 1. The van der Waals surface area contributed by atoms with E-state index in [0.29, 0.717) is 0 Å². The Kier molecular flexibility index (Phi) is 6.59. The molecule has 0 saturated heterocycles. The number of aromatic amines is 1. The molecule has 5 nitrogen and oxygen atoms in total. The first-order valence-electron chi connectivity index (χ1n) is 9.04. The van der Waals surface area contributed by atoms with Crippen LogP contribution in [0.3, 0.4) is 0 Å². The summed E-state index contributed by atoms with van der Waals surface area (Å²) in [5, 5.41) is 8.64. The van der Waals surface area contributed by atoms with E-state index in [0.717, 1.165) is 61.6 Å². The maximum Gasteiger partial charge on any atom is 0.190 e. The molecule has 6 heteroatoms. The van der Waals surface area contributed by atoms with Gasteiger partial charge in [0, 0.05) is 55.5 Å². The van der Waals surface area contributed by atoms with Gasteiger partial charge < -0.3 is 20.4 Å². The number of fused-ring (bicyclic) bond motifs is 1. The highest BCUT2D eigenvalue weighted by Gasteiger charge is 2.20. The molecule has 1 fully saturated rings. The molecule has 1 saturated carbocycles. The molecule has 136 valence electrons. The van der Waals surface area contributed by atoms with E-state index < -0.39 is 0 Å². The molecule has 0 radical (unpaired) electrons. The maximum atomic E-state index is 6.10. The van der Waals surface area contributed by atoms with Crippen molar-refractivity contribution in [1.29, 1.82) is 0 Å². The fourth-order valence-electron chi connectivity index (χ4n) is 2.81. The Bertz CT molecular complexity index is 709. The average molecular weight is 363 g/mol. The molecule has 2 aromatic rings. The number of H-pyrrole nitrogens is 1. The standard InChI is InChI=1S/C19H27ClN4O/c1-21-19(22-8-2-10-25-13-14-3-4-14)23-9-7-15-12-24-18-6-5-16(20)11-17(15)18/h5-6,11-12,14,24H,2-4,7-10,13H2,1H3,(H2,21,22,23). The molecule has 0 amide bonds. The molecule has 0 bridgehead atoms. The Morgan fingerprint density at radius 2 is 2.16 bits per heavy atom. The van der Waals surface area contributed by atoms with Crippen LogP contribution in [-0.2, 0) is 11.2 Å². The fraction of sp³-hybridized carbons (Fsp3) is 0.526. The molecule has 25 heavy (non-hydrogen) atoms. The summed E-state index contributed by atoms with van der Waals surface area (Å²) in [6.45, 7) is 3.43. The Balaban J connectivity index is 1.35. The van der Waals surface area contributed by atoms with Gasteiger partial charge in [-0.3, -0.25) is 4.99 Å². The zero-order chi connectivity index (χ0) is 17.5. The van der Waals surface area contributed by atoms with Crippen molar-refractivity contribution in [3.8, 4) is 0 Å². The minimum Gasteiger partial charge on any atom is -0.381 e. The van der Waals surface area contributed by atoms with Crippen LogP contribution in [0, 0.1) is 5.92 Å². The zero-order valence-electron chi connectivity index (χ0n) is 14.8. The summed E-state index contributed by atoms with van der Waals surface area (Å²) in [4.78, 5) is 7.55. The van der Waals surface area contributed by atoms with E-state index in [2.05, 4.69) is 26.8 Å². The van der Waals surface area contributed by atoms with Gasteiger partial charge >= 0.3 is 0 Å². The van der Waals surface area contributed by atoms with Crippen molar-refractivity contribution in [1.82, 2.24) is 15.6 Å². The summed E-state index contributed by atoms with van der Waals surface area (Å²) in [5.74, 6) is 1.67. The third-order valence-electron chi connectivity index (χ3n) is 4.45. The first-order chi connectivity index (χ1) is 12.3. The lowest BCUT2D eigenvalue weighted by Gasteiger charge is -2.11. The second kappa shape index (κ2) is 9.11. The largest absolute Gasteiger partial charge is 0.381 e. The topological polar surface area (TPSA) is 61.4 Å². The van der Waals surface area contributed by atoms with Gasteiger partial charge in [0.15, 0.2) is 5.96 Å². The van der Waals surface area contributed by atoms with Crippen LogP contribution in [0.5, 0.6) is 0 Å². The summed E-state index contributed by atoms with van der Waals surface area (Å²) < 4.78 is 5.64. The smallest absolute Gasteiger partial charge is 0.190 e. The van der Waals surface area contributed by atoms with Crippen molar-refractivity contribution < 1.29 is 4.74 Å². The van der Waals surface area contributed by atoms with E-state index >= 15 is 0 Å². The SMILES string of the molecule is CN=C(NCCCOCC1CC1)NCCc1c[nH]c2ccc(Cl)cc12. The predicted octanol–water partition coefficient (Wildman–Crippen LogP) is 3.35. The Morgan fingerprint density at radius 1 is 1.32 bits per heavy atom. The number of hydrogen-bond donors (Lipinski definition) is 3. The minimum atomic E-state index is 0.766. The van der Waals surface area contributed by atoms with Gasteiger partial charge in [-0.1, -0.05) is 11.6 Å². The number of aliphatic imine (C=N–C) groups is 1. The number of benzene rings is 1. The minimum absolute atomic E-state index is 0.766. The Hall–Kier alpha value is -1.72. The van der Waals surface area contributed by atoms with Crippen LogP contribution in [-0.4, -0.2) is 44.3 Å². The van der Waals surface area contributed by atoms with Crippen LogP contribution < -0.4 is 10.6 Å². The number of halogens is 1. The average Bonchev–Trinajstić information content (AvgIpc) is 3.36. The number of hydrogen-bond acceptors (Lipinski definition) is 2. The monoisotopic (exact) mass is 362 g/mol. The fourth-order valence-corrected chi connectivity index (χ4v) is 2.98. The normalized spacial score (nSPS) is 14.9. The molecule has 1 aliphatic rings. The highest BCUT2D eigenvalue weighted by Crippen LogP contribution is 2.28. The van der Waals surface area contributed by atoms with Gasteiger partial charge in [0.1, 0.15) is 0 Å². The molecule has 0 unspecified atom stereocenters. The lowest BCUT2D eigenvalue weighted by Crippen LogP contribution is -2.39. The van der Waals surface area contributed by atoms with Crippen LogP contribution in [0.1, 0.15) is 24.8 Å². The first-order valence-corrected chi connectivity index (χ1v) is 9.42. The lowest BCUT2D eigenvalue weighted by atomic mass is 10.1. The Morgan fingerprint density at radius 3 is 2.96 bits per heavy atom. The summed E-state index contributed by atoms with van der Waals surface area (Å²) in [5.41, 5.74) is 2.38. The molecule has 1 aliphatic carbocycles. The van der Waals surface area contributed by atoms with E-state index in [-0.39, 0.29) is 0 Å². The molecule has 0 atom stereocenters. The molecule has 3 N–H and O–H groups in total. The predicted molar refractivity (Wildman–Crippen MR) is 105 cm³/mol. The lowest BCUT2D eigenvalue weighted by molar-refractivity contribution is 0.123. The zero-order valence-corrected chi connectivity index (χ0v) is 15.5. The second-order valence-corrected chi connectivity index (χ2v) is 6.99. The van der Waals surface area contributed by atoms with Crippen molar-refractivity contribution in [2.24, 2.45) is 10.9 Å². The van der Waals surface area contributed by atoms with Crippen molar-refractivity contribution >= 4 is 28.5 Å². The van der Waals surface area contributed by atoms with Crippen LogP contribution in [0.15, 0.2) is 29.4 Å². The number of nitrogens with zero attached hydrogens (tertiary/aromatic N) is 1. The van der Waals surface area contributed by atoms with Crippen LogP contribution in [0.2, 0.25) is 5.02 Å². The Labute approximate surface area is 154 Å². The van der Waals surface area contributed by atoms with Gasteiger partial charge in [-0.2, -0.15) is 0 Å². The highest BCUT2D eigenvalue weighted by molar-refractivity contribution is 6.31. The van der Waals surface area contributed by atoms with Gasteiger partial charge in [-0.25, -0.2) is 0 Å². The van der Waals surface area contributed by atoms with Gasteiger partial charge in [0.25, 0.3) is 0 Å². The van der Waals surface area contributed by atoms with Gasteiger partial charge in [-0.15, -0.1) is 0 Å². The molecule has 1 aromatic carbocycles. The molecule has 1 aromatic heterocycles. The third kappa shape index (κ3) is 5.65. The number of rotatable bonds is 9. The van der Waals surface area contributed by atoms with Gasteiger partial charge in [0.2, 0.25) is 0 Å². The van der Waals surface area contributed by atoms with Crippen molar-refractivity contribution in [2.75, 3.05) is 33.4 Å². The quantitative estimate of drug-likeness (QED) is 0.364. The number of ether oxygens (including phenoxy) is 1. The summed E-state index contributed by atoms with van der Waals surface area (Å²) in [7, 11) is 1.80. The molecule has 3 rings (SSSR count). The van der Waals surface area contributed by atoms with E-state index in [1.807, 2.05) is 18.2 Å². The molecule has 1 heterocycles. The van der Waals surface area contributed by atoms with Crippen molar-refractivity contribution in [3.05, 3.63) is 35.0 Å². The van der Waals surface area contributed by atoms with Crippen LogP contribution in [0.25, 0.3) is 10.9 Å². The second-order valence-electron chi connectivity index (χ2n) is 6.55. The maximum absolute atomic E-state index is 6.10. The van der Waals surface area contributed by atoms with Crippen LogP contribution in [0.4, 0.5) is 0 Å². The first kappa shape index (κ1) is 18.1. The summed E-state index contributed by atoms with van der Waals surface area (Å²) in [6.07, 6.45) is 6.64. The van der Waals surface area contributed by atoms with E-state index in [1.54, 1.807) is 7.05 Å².